The molecule has 1 rings (SSSR count). The SMILES string of the molecule is CCC[C@H](C)CS(=O)(=O)N[C@H](C)CN1CCC[C@@H](C)C1. The van der Waals surface area contributed by atoms with Gasteiger partial charge < -0.3 is 4.90 Å². The largest absolute Gasteiger partial charge is 0.301 e. The van der Waals surface area contributed by atoms with E-state index in [1.807, 2.05) is 13.8 Å². The molecule has 3 atom stereocenters. The highest BCUT2D eigenvalue weighted by atomic mass is 32.2. The molecule has 0 aromatic rings. The van der Waals surface area contributed by atoms with Gasteiger partial charge in [0.15, 0.2) is 0 Å². The number of nitrogens with zero attached hydrogens (tertiary/aromatic N) is 1. The van der Waals surface area contributed by atoms with Crippen LogP contribution in [0, 0.1) is 11.8 Å². The van der Waals surface area contributed by atoms with Crippen molar-refractivity contribution in [3.05, 3.63) is 0 Å². The maximum atomic E-state index is 12.1. The smallest absolute Gasteiger partial charge is 0.212 e. The van der Waals surface area contributed by atoms with Crippen LogP contribution in [-0.4, -0.2) is 44.7 Å². The van der Waals surface area contributed by atoms with Crippen LogP contribution >= 0.6 is 0 Å². The molecule has 1 aliphatic heterocycles. The van der Waals surface area contributed by atoms with Crippen molar-refractivity contribution in [3.8, 4) is 0 Å². The topological polar surface area (TPSA) is 49.4 Å². The lowest BCUT2D eigenvalue weighted by Gasteiger charge is -2.32. The summed E-state index contributed by atoms with van der Waals surface area (Å²) in [5, 5.41) is 0. The van der Waals surface area contributed by atoms with Crippen molar-refractivity contribution in [3.63, 3.8) is 0 Å². The molecule has 1 heterocycles. The zero-order chi connectivity index (χ0) is 15.2. The molecule has 0 radical (unpaired) electrons. The van der Waals surface area contributed by atoms with E-state index in [0.29, 0.717) is 0 Å². The monoisotopic (exact) mass is 304 g/mol. The molecule has 1 fully saturated rings. The summed E-state index contributed by atoms with van der Waals surface area (Å²) in [6.45, 7) is 11.4. The average Bonchev–Trinajstić information content (AvgIpc) is 2.26. The van der Waals surface area contributed by atoms with Gasteiger partial charge in [-0.25, -0.2) is 13.1 Å². The summed E-state index contributed by atoms with van der Waals surface area (Å²) in [6, 6.07) is -0.000809. The van der Waals surface area contributed by atoms with Gasteiger partial charge in [0.25, 0.3) is 0 Å². The predicted octanol–water partition coefficient (Wildman–Crippen LogP) is 2.46. The molecular weight excluding hydrogens is 272 g/mol. The number of piperidine rings is 1. The van der Waals surface area contributed by atoms with Gasteiger partial charge in [-0.15, -0.1) is 0 Å². The maximum Gasteiger partial charge on any atom is 0.212 e. The van der Waals surface area contributed by atoms with E-state index in [2.05, 4.69) is 23.5 Å². The Bertz CT molecular complexity index is 370. The van der Waals surface area contributed by atoms with Crippen LogP contribution in [0.15, 0.2) is 0 Å². The number of sulfonamides is 1. The molecule has 1 N–H and O–H groups in total. The molecule has 0 aromatic carbocycles. The van der Waals surface area contributed by atoms with Gasteiger partial charge in [0.2, 0.25) is 10.0 Å². The second-order valence-corrected chi connectivity index (χ2v) is 8.50. The fourth-order valence-electron chi connectivity index (χ4n) is 3.18. The summed E-state index contributed by atoms with van der Waals surface area (Å²) < 4.78 is 27.0. The summed E-state index contributed by atoms with van der Waals surface area (Å²) in [6.07, 6.45) is 4.54. The molecule has 0 bridgehead atoms. The Hall–Kier alpha value is -0.130. The van der Waals surface area contributed by atoms with Gasteiger partial charge in [0.1, 0.15) is 0 Å². The first kappa shape index (κ1) is 17.9. The Morgan fingerprint density at radius 2 is 2.05 bits per heavy atom. The molecule has 5 heteroatoms. The van der Waals surface area contributed by atoms with Gasteiger partial charge in [-0.1, -0.05) is 27.2 Å². The van der Waals surface area contributed by atoms with E-state index in [1.165, 1.54) is 12.8 Å². The van der Waals surface area contributed by atoms with E-state index < -0.39 is 10.0 Å². The average molecular weight is 305 g/mol. The fourth-order valence-corrected chi connectivity index (χ4v) is 4.88. The standard InChI is InChI=1S/C15H32N2O2S/c1-5-7-14(3)12-20(18,19)16-15(4)11-17-9-6-8-13(2)10-17/h13-16H,5-12H2,1-4H3/t13-,14+,15-/m1/s1. The van der Waals surface area contributed by atoms with Crippen LogP contribution in [0.25, 0.3) is 0 Å². The molecule has 1 saturated heterocycles. The second-order valence-electron chi connectivity index (χ2n) is 6.70. The molecule has 4 nitrogen and oxygen atoms in total. The molecule has 0 aromatic heterocycles. The van der Waals surface area contributed by atoms with E-state index in [-0.39, 0.29) is 17.7 Å². The lowest BCUT2D eigenvalue weighted by Crippen LogP contribution is -2.46. The summed E-state index contributed by atoms with van der Waals surface area (Å²) >= 11 is 0. The van der Waals surface area contributed by atoms with Crippen molar-refractivity contribution in [2.45, 2.75) is 59.4 Å². The Labute approximate surface area is 125 Å². The van der Waals surface area contributed by atoms with E-state index >= 15 is 0 Å². The molecule has 1 aliphatic rings. The Balaban J connectivity index is 2.38. The fraction of sp³-hybridized carbons (Fsp3) is 1.00. The normalized spacial score (nSPS) is 24.5. The third-order valence-corrected chi connectivity index (χ3v) is 5.71. The number of rotatable bonds is 8. The molecule has 0 saturated carbocycles. The van der Waals surface area contributed by atoms with Gasteiger partial charge in [-0.3, -0.25) is 0 Å². The number of nitrogens with one attached hydrogen (secondary N) is 1. The minimum absolute atomic E-state index is 0.000809. The number of hydrogen-bond acceptors (Lipinski definition) is 3. The zero-order valence-electron chi connectivity index (χ0n) is 13.6. The second kappa shape index (κ2) is 8.35. The highest BCUT2D eigenvalue weighted by Gasteiger charge is 2.22. The van der Waals surface area contributed by atoms with E-state index in [1.54, 1.807) is 0 Å². The molecule has 0 unspecified atom stereocenters. The van der Waals surface area contributed by atoms with Gasteiger partial charge in [-0.2, -0.15) is 0 Å². The van der Waals surface area contributed by atoms with Crippen molar-refractivity contribution in [2.24, 2.45) is 11.8 Å². The molecule has 20 heavy (non-hydrogen) atoms. The van der Waals surface area contributed by atoms with Crippen molar-refractivity contribution < 1.29 is 8.42 Å². The van der Waals surface area contributed by atoms with E-state index in [0.717, 1.165) is 38.4 Å². The van der Waals surface area contributed by atoms with Gasteiger partial charge in [0.05, 0.1) is 5.75 Å². The Morgan fingerprint density at radius 1 is 1.35 bits per heavy atom. The lowest BCUT2D eigenvalue weighted by atomic mass is 10.00. The maximum absolute atomic E-state index is 12.1. The first-order valence-corrected chi connectivity index (χ1v) is 9.70. The molecule has 0 amide bonds. The van der Waals surface area contributed by atoms with Gasteiger partial charge in [0, 0.05) is 19.1 Å². The molecule has 120 valence electrons. The Morgan fingerprint density at radius 3 is 2.65 bits per heavy atom. The van der Waals surface area contributed by atoms with Crippen LogP contribution in [0.5, 0.6) is 0 Å². The van der Waals surface area contributed by atoms with Crippen molar-refractivity contribution in [1.82, 2.24) is 9.62 Å². The summed E-state index contributed by atoms with van der Waals surface area (Å²) in [7, 11) is -3.14. The van der Waals surface area contributed by atoms with Crippen LogP contribution in [0.4, 0.5) is 0 Å². The molecule has 0 spiro atoms. The summed E-state index contributed by atoms with van der Waals surface area (Å²) in [5.74, 6) is 1.22. The van der Waals surface area contributed by atoms with Crippen LogP contribution in [0.2, 0.25) is 0 Å². The quantitative estimate of drug-likeness (QED) is 0.749. The van der Waals surface area contributed by atoms with Crippen molar-refractivity contribution in [2.75, 3.05) is 25.4 Å². The molecular formula is C15H32N2O2S. The highest BCUT2D eigenvalue weighted by Crippen LogP contribution is 2.15. The predicted molar refractivity (Wildman–Crippen MR) is 85.3 cm³/mol. The zero-order valence-corrected chi connectivity index (χ0v) is 14.4. The van der Waals surface area contributed by atoms with Crippen LogP contribution < -0.4 is 4.72 Å². The van der Waals surface area contributed by atoms with Crippen molar-refractivity contribution in [1.29, 1.82) is 0 Å². The minimum Gasteiger partial charge on any atom is -0.301 e. The van der Waals surface area contributed by atoms with Crippen LogP contribution in [0.3, 0.4) is 0 Å². The summed E-state index contributed by atoms with van der Waals surface area (Å²) in [4.78, 5) is 2.39. The third-order valence-electron chi connectivity index (χ3n) is 3.94. The van der Waals surface area contributed by atoms with Crippen LogP contribution in [-0.2, 0) is 10.0 Å². The highest BCUT2D eigenvalue weighted by molar-refractivity contribution is 7.89. The lowest BCUT2D eigenvalue weighted by molar-refractivity contribution is 0.174. The third kappa shape index (κ3) is 7.04. The molecule has 0 aliphatic carbocycles. The number of hydrogen-bond donors (Lipinski definition) is 1. The van der Waals surface area contributed by atoms with Gasteiger partial charge >= 0.3 is 0 Å². The first-order chi connectivity index (χ1) is 9.32. The van der Waals surface area contributed by atoms with E-state index in [4.69, 9.17) is 0 Å². The van der Waals surface area contributed by atoms with E-state index in [9.17, 15) is 8.42 Å². The van der Waals surface area contributed by atoms with Gasteiger partial charge in [-0.05, 0) is 44.6 Å². The Kier molecular flexibility index (Phi) is 7.48. The minimum atomic E-state index is -3.14. The number of likely N-dealkylation sites (tertiary alicyclic amines) is 1. The van der Waals surface area contributed by atoms with Crippen LogP contribution in [0.1, 0.15) is 53.4 Å². The first-order valence-electron chi connectivity index (χ1n) is 8.04. The summed E-state index contributed by atoms with van der Waals surface area (Å²) in [5.41, 5.74) is 0. The van der Waals surface area contributed by atoms with Crippen molar-refractivity contribution >= 4 is 10.0 Å².